The van der Waals surface area contributed by atoms with E-state index in [0.717, 1.165) is 16.3 Å². The van der Waals surface area contributed by atoms with Gasteiger partial charge in [-0.1, -0.05) is 53.5 Å². The van der Waals surface area contributed by atoms with Gasteiger partial charge in [0.15, 0.2) is 0 Å². The second-order valence-electron chi connectivity index (χ2n) is 18.0. The van der Waals surface area contributed by atoms with Crippen molar-refractivity contribution in [1.29, 1.82) is 0 Å². The Morgan fingerprint density at radius 2 is 1.16 bits per heavy atom. The second kappa shape index (κ2) is 28.1. The third-order valence-corrected chi connectivity index (χ3v) is 17.2. The number of aromatic nitrogens is 6. The van der Waals surface area contributed by atoms with E-state index < -0.39 is 56.1 Å². The first-order chi connectivity index (χ1) is 37.1. The maximum Gasteiger partial charge on any atom is 0.444 e. The van der Waals surface area contributed by atoms with Gasteiger partial charge in [0.1, 0.15) is 29.9 Å². The first-order valence-corrected chi connectivity index (χ1v) is 28.7. The number of hydrogen-bond donors (Lipinski definition) is 1. The molecule has 3 aliphatic heterocycles. The Morgan fingerprint density at radius 1 is 0.675 bits per heavy atom. The minimum atomic E-state index is -3.93. The van der Waals surface area contributed by atoms with Gasteiger partial charge in [-0.2, -0.15) is 13.7 Å². The quantitative estimate of drug-likeness (QED) is 0.0546. The maximum atomic E-state index is 13.7. The summed E-state index contributed by atoms with van der Waals surface area (Å²) in [7, 11) is -7.60. The average Bonchev–Trinajstić information content (AvgIpc) is 3.82. The summed E-state index contributed by atoms with van der Waals surface area (Å²) in [6.07, 6.45) is 10.6. The lowest BCUT2D eigenvalue weighted by molar-refractivity contribution is -0.162. The van der Waals surface area contributed by atoms with Gasteiger partial charge in [-0.3, -0.25) is 14.8 Å². The molecule has 4 aromatic heterocycles. The highest BCUT2D eigenvalue weighted by Gasteiger charge is 2.42. The molecule has 1 aromatic carbocycles. The highest BCUT2D eigenvalue weighted by atomic mass is 35.5. The monoisotopic (exact) mass is 1140 g/mol. The van der Waals surface area contributed by atoms with Gasteiger partial charge < -0.3 is 19.4 Å². The molecule has 77 heavy (non-hydrogen) atoms. The van der Waals surface area contributed by atoms with Crippen LogP contribution in [0.1, 0.15) is 42.9 Å². The van der Waals surface area contributed by atoms with E-state index in [0.29, 0.717) is 115 Å². The molecule has 3 atom stereocenters. The number of nitrogens with zero attached hydrogens (tertiary/aromatic N) is 13. The van der Waals surface area contributed by atoms with Crippen molar-refractivity contribution in [1.82, 2.24) is 53.5 Å². The van der Waals surface area contributed by atoms with Gasteiger partial charge in [0, 0.05) is 102 Å². The van der Waals surface area contributed by atoms with Crippen LogP contribution in [0, 0.1) is 0 Å². The predicted molar refractivity (Wildman–Crippen MR) is 282 cm³/mol. The highest BCUT2D eigenvalue weighted by molar-refractivity contribution is 7.89. The van der Waals surface area contributed by atoms with Crippen molar-refractivity contribution in [3.63, 3.8) is 0 Å². The van der Waals surface area contributed by atoms with Crippen LogP contribution in [0.15, 0.2) is 104 Å². The number of rotatable bonds is 23. The molecule has 3 saturated heterocycles. The number of aryl methyl sites for hydroxylation is 2. The Morgan fingerprint density at radius 3 is 1.61 bits per heavy atom. The van der Waals surface area contributed by atoms with Crippen LogP contribution in [0.5, 0.6) is 0 Å². The topological polar surface area (TPSA) is 275 Å². The fourth-order valence-electron chi connectivity index (χ4n) is 8.81. The van der Waals surface area contributed by atoms with Gasteiger partial charge in [-0.25, -0.2) is 66.3 Å². The number of cyclic esters (lactones) is 1. The van der Waals surface area contributed by atoms with Crippen molar-refractivity contribution in [3.8, 4) is 0 Å². The summed E-state index contributed by atoms with van der Waals surface area (Å²) in [6.45, 7) is 2.70. The molecule has 0 saturated carbocycles. The van der Waals surface area contributed by atoms with Gasteiger partial charge in [-0.05, 0) is 74.1 Å². The van der Waals surface area contributed by atoms with Crippen LogP contribution in [0.25, 0.3) is 0 Å². The molecule has 4 amide bonds. The van der Waals surface area contributed by atoms with Crippen molar-refractivity contribution < 1.29 is 50.8 Å². The van der Waals surface area contributed by atoms with Crippen LogP contribution in [0.4, 0.5) is 21.2 Å². The molecule has 0 aliphatic carbocycles. The van der Waals surface area contributed by atoms with E-state index in [1.54, 1.807) is 67.4 Å². The number of pyridine rings is 2. The largest absolute Gasteiger partial charge is 0.447 e. The van der Waals surface area contributed by atoms with E-state index >= 15 is 0 Å². The number of sulfonamides is 2. The number of amides is 4. The number of anilines is 2. The van der Waals surface area contributed by atoms with Crippen LogP contribution < -0.4 is 9.80 Å². The molecule has 28 heteroatoms. The number of ether oxygens (including phenoxy) is 1. The SMILES string of the molecule is O=CN(O)C(CCCc1ncccn1)CS(=O)(=O)N1CCN(c2ccc(Cl)cn2)CC1.O=CN(OC(=O)N1C(=O)OC[C@@H]1Cc1ccccc1)[C@@H](CCCc1ncccn1)CS(=O)(=O)N1CCN(c2ccc(Cl)cn2)CC1. The zero-order chi connectivity index (χ0) is 54.8. The number of hydroxylamine groups is 4. The Kier molecular flexibility index (Phi) is 21.2. The third kappa shape index (κ3) is 16.9. The van der Waals surface area contributed by atoms with Gasteiger partial charge >= 0.3 is 12.2 Å². The summed E-state index contributed by atoms with van der Waals surface area (Å²) in [4.78, 5) is 84.6. The van der Waals surface area contributed by atoms with E-state index in [-0.39, 0.29) is 44.7 Å². The number of carbonyl (C=O) groups is 4. The first-order valence-electron chi connectivity index (χ1n) is 24.7. The summed E-state index contributed by atoms with van der Waals surface area (Å²) in [5.41, 5.74) is 0.870. The zero-order valence-electron chi connectivity index (χ0n) is 41.8. The second-order valence-corrected chi connectivity index (χ2v) is 22.9. The summed E-state index contributed by atoms with van der Waals surface area (Å²) in [6, 6.07) is 17.1. The molecule has 0 spiro atoms. The van der Waals surface area contributed by atoms with Crippen molar-refractivity contribution in [2.75, 3.05) is 80.3 Å². The van der Waals surface area contributed by atoms with E-state index in [4.69, 9.17) is 32.8 Å². The van der Waals surface area contributed by atoms with Crippen LogP contribution in [-0.2, 0) is 58.5 Å². The van der Waals surface area contributed by atoms with Crippen LogP contribution in [-0.4, -0.2) is 189 Å². The highest BCUT2D eigenvalue weighted by Crippen LogP contribution is 2.24. The molecule has 0 radical (unpaired) electrons. The smallest absolute Gasteiger partial charge is 0.444 e. The lowest BCUT2D eigenvalue weighted by Crippen LogP contribution is -2.52. The number of halogens is 2. The average molecular weight is 1140 g/mol. The van der Waals surface area contributed by atoms with Crippen molar-refractivity contribution in [3.05, 3.63) is 131 Å². The molecule has 3 fully saturated rings. The van der Waals surface area contributed by atoms with Gasteiger partial charge in [0.25, 0.3) is 0 Å². The molecule has 24 nitrogen and oxygen atoms in total. The fraction of sp³-hybridized carbons (Fsp3) is 0.429. The Hall–Kier alpha value is -6.68. The number of piperazine rings is 2. The molecular formula is C49H59Cl2N13O11S2. The summed E-state index contributed by atoms with van der Waals surface area (Å²) >= 11 is 11.8. The molecule has 7 heterocycles. The summed E-state index contributed by atoms with van der Waals surface area (Å²) in [5.74, 6) is 1.75. The van der Waals surface area contributed by atoms with Crippen LogP contribution >= 0.6 is 23.2 Å². The summed E-state index contributed by atoms with van der Waals surface area (Å²) in [5, 5.41) is 12.1. The normalized spacial score (nSPS) is 17.1. The molecule has 8 rings (SSSR count). The number of carbonyl (C=O) groups excluding carboxylic acids is 4. The first kappa shape index (κ1) is 58.0. The summed E-state index contributed by atoms with van der Waals surface area (Å²) < 4.78 is 61.1. The van der Waals surface area contributed by atoms with E-state index in [1.807, 2.05) is 40.1 Å². The number of imide groups is 1. The van der Waals surface area contributed by atoms with Gasteiger partial charge in [0.05, 0.1) is 39.7 Å². The Bertz CT molecular complexity index is 2900. The standard InChI is InChI=1S/C30H34ClN7O7S.C19H25ClN6O4S/c31-24-10-11-28(34-19-24)35-14-16-36(17-15-35)46(42,43)21-25(8-4-9-27-32-12-5-13-33-27)37(22-39)45-30(41)38-26(20-44-29(38)40)18-23-6-2-1-3-7-23;20-16-5-6-19(23-13-16)24-9-11-25(12-10-24)31(29,30)14-17(26(28)15-27)3-1-4-18-21-7-2-8-22-18/h1-3,5-7,10-13,19,22,25-26H,4,8-9,14-18,20-21H2;2,5-8,13,15,17,28H,1,3-4,9-12,14H2/t25-,26-;/m0./s1. The lowest BCUT2D eigenvalue weighted by Gasteiger charge is -2.36. The molecule has 412 valence electrons. The van der Waals surface area contributed by atoms with Gasteiger partial charge in [0.2, 0.25) is 32.9 Å². The molecule has 1 N–H and O–H groups in total. The Balaban J connectivity index is 0.000000242. The van der Waals surface area contributed by atoms with E-state index in [9.17, 15) is 41.2 Å². The molecule has 0 bridgehead atoms. The lowest BCUT2D eigenvalue weighted by atomic mass is 10.1. The molecular weight excluding hydrogens is 1080 g/mol. The van der Waals surface area contributed by atoms with Crippen molar-refractivity contribution in [2.45, 2.75) is 63.1 Å². The fourth-order valence-corrected chi connectivity index (χ4v) is 12.5. The van der Waals surface area contributed by atoms with Crippen molar-refractivity contribution >= 4 is 79.9 Å². The van der Waals surface area contributed by atoms with Gasteiger partial charge in [-0.15, -0.1) is 0 Å². The minimum Gasteiger partial charge on any atom is -0.447 e. The molecule has 1 unspecified atom stereocenters. The minimum absolute atomic E-state index is 0.0453. The van der Waals surface area contributed by atoms with E-state index in [2.05, 4.69) is 29.9 Å². The molecule has 3 aliphatic rings. The van der Waals surface area contributed by atoms with Crippen LogP contribution in [0.2, 0.25) is 10.0 Å². The number of hydrogen-bond acceptors (Lipinski definition) is 19. The zero-order valence-corrected chi connectivity index (χ0v) is 45.0. The van der Waals surface area contributed by atoms with Crippen molar-refractivity contribution in [2.24, 2.45) is 0 Å². The predicted octanol–water partition coefficient (Wildman–Crippen LogP) is 4.16. The third-order valence-electron chi connectivity index (χ3n) is 12.9. The van der Waals surface area contributed by atoms with E-state index in [1.165, 1.54) is 14.8 Å². The maximum absolute atomic E-state index is 13.7. The van der Waals surface area contributed by atoms with Crippen LogP contribution in [0.3, 0.4) is 0 Å². The number of benzene rings is 1. The Labute approximate surface area is 456 Å². The molecule has 5 aromatic rings.